The van der Waals surface area contributed by atoms with E-state index in [1.165, 1.54) is 12.8 Å². The van der Waals surface area contributed by atoms with Gasteiger partial charge >= 0.3 is 0 Å². The molecule has 1 heterocycles. The predicted molar refractivity (Wildman–Crippen MR) is 70.3 cm³/mol. The van der Waals surface area contributed by atoms with Crippen molar-refractivity contribution in [3.05, 3.63) is 0 Å². The van der Waals surface area contributed by atoms with Gasteiger partial charge in [0.25, 0.3) is 0 Å². The highest BCUT2D eigenvalue weighted by atomic mass is 16.5. The van der Waals surface area contributed by atoms with Crippen LogP contribution in [0.4, 0.5) is 0 Å². The fourth-order valence-electron chi connectivity index (χ4n) is 2.56. The molecule has 1 aliphatic heterocycles. The Morgan fingerprint density at radius 2 is 2.12 bits per heavy atom. The van der Waals surface area contributed by atoms with Crippen LogP contribution in [0.5, 0.6) is 0 Å². The van der Waals surface area contributed by atoms with E-state index in [2.05, 4.69) is 16.7 Å². The van der Waals surface area contributed by atoms with Crippen LogP contribution < -0.4 is 0 Å². The second-order valence-corrected chi connectivity index (χ2v) is 4.85. The molecule has 0 bridgehead atoms. The zero-order valence-corrected chi connectivity index (χ0v) is 11.4. The molecule has 0 amide bonds. The van der Waals surface area contributed by atoms with Gasteiger partial charge in [0.05, 0.1) is 6.61 Å². The van der Waals surface area contributed by atoms with Crippen LogP contribution in [-0.2, 0) is 4.74 Å². The van der Waals surface area contributed by atoms with Gasteiger partial charge in [0, 0.05) is 52.5 Å². The summed E-state index contributed by atoms with van der Waals surface area (Å²) in [4.78, 5) is 5.04. The molecule has 1 fully saturated rings. The lowest BCUT2D eigenvalue weighted by molar-refractivity contribution is 0.0450. The molecule has 0 aromatic rings. The van der Waals surface area contributed by atoms with Crippen LogP contribution in [-0.4, -0.2) is 74.0 Å². The molecule has 1 atom stereocenters. The minimum Gasteiger partial charge on any atom is -0.396 e. The molecule has 0 radical (unpaired) electrons. The number of ether oxygens (including phenoxy) is 1. The third-order valence-corrected chi connectivity index (χ3v) is 3.53. The smallest absolute Gasteiger partial charge is 0.0589 e. The molecule has 17 heavy (non-hydrogen) atoms. The van der Waals surface area contributed by atoms with E-state index < -0.39 is 0 Å². The maximum atomic E-state index is 8.88. The standard InChI is InChI=1S/C13H28N2O2/c1-3-5-13-12-14(6-4-10-16)7-8-15(13)9-11-17-2/h13,16H,3-12H2,1-2H3. The summed E-state index contributed by atoms with van der Waals surface area (Å²) < 4.78 is 5.17. The summed E-state index contributed by atoms with van der Waals surface area (Å²) in [6, 6.07) is 0.669. The number of hydrogen-bond acceptors (Lipinski definition) is 4. The lowest BCUT2D eigenvalue weighted by atomic mass is 10.1. The summed E-state index contributed by atoms with van der Waals surface area (Å²) in [6.07, 6.45) is 3.40. The lowest BCUT2D eigenvalue weighted by Crippen LogP contribution is -2.53. The highest BCUT2D eigenvalue weighted by Crippen LogP contribution is 2.14. The minimum atomic E-state index is 0.308. The van der Waals surface area contributed by atoms with Gasteiger partial charge in [-0.15, -0.1) is 0 Å². The van der Waals surface area contributed by atoms with Crippen LogP contribution in [0.15, 0.2) is 0 Å². The molecule has 0 spiro atoms. The van der Waals surface area contributed by atoms with Crippen LogP contribution in [0.1, 0.15) is 26.2 Å². The number of nitrogens with zero attached hydrogens (tertiary/aromatic N) is 2. The number of methoxy groups -OCH3 is 1. The minimum absolute atomic E-state index is 0.308. The maximum absolute atomic E-state index is 8.88. The van der Waals surface area contributed by atoms with Gasteiger partial charge in [-0.25, -0.2) is 0 Å². The predicted octanol–water partition coefficient (Wildman–Crippen LogP) is 0.802. The molecule has 0 aromatic heterocycles. The third-order valence-electron chi connectivity index (χ3n) is 3.53. The fraction of sp³-hybridized carbons (Fsp3) is 1.00. The number of aliphatic hydroxyl groups is 1. The van der Waals surface area contributed by atoms with E-state index in [0.29, 0.717) is 12.6 Å². The first-order valence-corrected chi connectivity index (χ1v) is 6.88. The second kappa shape index (κ2) is 8.86. The number of rotatable bonds is 8. The van der Waals surface area contributed by atoms with Crippen LogP contribution in [0, 0.1) is 0 Å². The van der Waals surface area contributed by atoms with Gasteiger partial charge in [-0.3, -0.25) is 4.90 Å². The van der Waals surface area contributed by atoms with Gasteiger partial charge in [-0.2, -0.15) is 0 Å². The van der Waals surface area contributed by atoms with Crippen molar-refractivity contribution in [2.75, 3.05) is 53.0 Å². The van der Waals surface area contributed by atoms with E-state index in [9.17, 15) is 0 Å². The van der Waals surface area contributed by atoms with Crippen molar-refractivity contribution in [3.63, 3.8) is 0 Å². The van der Waals surface area contributed by atoms with E-state index in [0.717, 1.165) is 45.8 Å². The lowest BCUT2D eigenvalue weighted by Gasteiger charge is -2.41. The summed E-state index contributed by atoms with van der Waals surface area (Å²) in [6.45, 7) is 8.89. The molecular formula is C13H28N2O2. The monoisotopic (exact) mass is 244 g/mol. The highest BCUT2D eigenvalue weighted by molar-refractivity contribution is 4.81. The first-order valence-electron chi connectivity index (χ1n) is 6.88. The van der Waals surface area contributed by atoms with Gasteiger partial charge in [0.1, 0.15) is 0 Å². The van der Waals surface area contributed by atoms with Gasteiger partial charge in [0.15, 0.2) is 0 Å². The molecule has 1 N–H and O–H groups in total. The van der Waals surface area contributed by atoms with Crippen molar-refractivity contribution < 1.29 is 9.84 Å². The van der Waals surface area contributed by atoms with Gasteiger partial charge < -0.3 is 14.7 Å². The Bertz CT molecular complexity index is 190. The largest absolute Gasteiger partial charge is 0.396 e. The summed E-state index contributed by atoms with van der Waals surface area (Å²) in [5, 5.41) is 8.88. The molecule has 0 saturated carbocycles. The molecule has 4 nitrogen and oxygen atoms in total. The van der Waals surface area contributed by atoms with E-state index in [1.54, 1.807) is 7.11 Å². The average molecular weight is 244 g/mol. The first kappa shape index (κ1) is 14.9. The quantitative estimate of drug-likeness (QED) is 0.685. The van der Waals surface area contributed by atoms with E-state index >= 15 is 0 Å². The third kappa shape index (κ3) is 5.34. The molecule has 102 valence electrons. The molecular weight excluding hydrogens is 216 g/mol. The summed E-state index contributed by atoms with van der Waals surface area (Å²) >= 11 is 0. The van der Waals surface area contributed by atoms with Gasteiger partial charge in [-0.1, -0.05) is 13.3 Å². The zero-order valence-electron chi connectivity index (χ0n) is 11.4. The van der Waals surface area contributed by atoms with Crippen molar-refractivity contribution in [2.45, 2.75) is 32.2 Å². The van der Waals surface area contributed by atoms with Crippen LogP contribution in [0.2, 0.25) is 0 Å². The van der Waals surface area contributed by atoms with Crippen molar-refractivity contribution in [1.29, 1.82) is 0 Å². The Balaban J connectivity index is 2.36. The molecule has 1 rings (SSSR count). The Labute approximate surface area is 106 Å². The SMILES string of the molecule is CCCC1CN(CCCO)CCN1CCOC. The molecule has 0 aromatic carbocycles. The molecule has 4 heteroatoms. The maximum Gasteiger partial charge on any atom is 0.0589 e. The van der Waals surface area contributed by atoms with Crippen LogP contribution >= 0.6 is 0 Å². The van der Waals surface area contributed by atoms with Gasteiger partial charge in [0.2, 0.25) is 0 Å². The first-order chi connectivity index (χ1) is 8.31. The van der Waals surface area contributed by atoms with Crippen molar-refractivity contribution in [3.8, 4) is 0 Å². The zero-order chi connectivity index (χ0) is 12.5. The number of aliphatic hydroxyl groups excluding tert-OH is 1. The van der Waals surface area contributed by atoms with Gasteiger partial charge in [-0.05, 0) is 12.8 Å². The Morgan fingerprint density at radius 1 is 1.29 bits per heavy atom. The van der Waals surface area contributed by atoms with Crippen molar-refractivity contribution >= 4 is 0 Å². The molecule has 1 unspecified atom stereocenters. The normalized spacial score (nSPS) is 23.1. The van der Waals surface area contributed by atoms with E-state index in [-0.39, 0.29) is 0 Å². The average Bonchev–Trinajstić information content (AvgIpc) is 2.35. The summed E-state index contributed by atoms with van der Waals surface area (Å²) in [5.74, 6) is 0. The van der Waals surface area contributed by atoms with Crippen molar-refractivity contribution in [2.24, 2.45) is 0 Å². The topological polar surface area (TPSA) is 35.9 Å². The van der Waals surface area contributed by atoms with E-state index in [4.69, 9.17) is 9.84 Å². The molecule has 0 aliphatic carbocycles. The second-order valence-electron chi connectivity index (χ2n) is 4.85. The highest BCUT2D eigenvalue weighted by Gasteiger charge is 2.25. The Morgan fingerprint density at radius 3 is 2.76 bits per heavy atom. The Kier molecular flexibility index (Phi) is 7.77. The number of hydrogen-bond donors (Lipinski definition) is 1. The summed E-state index contributed by atoms with van der Waals surface area (Å²) in [7, 11) is 1.77. The molecule has 1 saturated heterocycles. The summed E-state index contributed by atoms with van der Waals surface area (Å²) in [5.41, 5.74) is 0. The van der Waals surface area contributed by atoms with Crippen LogP contribution in [0.25, 0.3) is 0 Å². The van der Waals surface area contributed by atoms with Crippen molar-refractivity contribution in [1.82, 2.24) is 9.80 Å². The van der Waals surface area contributed by atoms with Crippen LogP contribution in [0.3, 0.4) is 0 Å². The van der Waals surface area contributed by atoms with E-state index in [1.807, 2.05) is 0 Å². The Hall–Kier alpha value is -0.160. The number of piperazine rings is 1. The molecule has 1 aliphatic rings. The fourth-order valence-corrected chi connectivity index (χ4v) is 2.56.